The smallest absolute Gasteiger partial charge is 0.407 e. The van der Waals surface area contributed by atoms with Crippen molar-refractivity contribution in [1.82, 2.24) is 5.32 Å². The number of amides is 1. The maximum Gasteiger partial charge on any atom is 0.407 e. The van der Waals surface area contributed by atoms with Crippen LogP contribution in [-0.4, -0.2) is 43.2 Å². The van der Waals surface area contributed by atoms with E-state index >= 15 is 0 Å². The maximum atomic E-state index is 14.5. The SMILES string of the molecule is CC(C)(C)OC(=O)N[C@@H](Cc1ccccc1)[C@H](C[C@@H](Cc1ccccc1F)C(=O)O)O[Si](C)(C)C(C)(C)C. The highest BCUT2D eigenvalue weighted by Gasteiger charge is 2.42. The average molecular weight is 546 g/mol. The Morgan fingerprint density at radius 3 is 2.05 bits per heavy atom. The molecule has 3 atom stereocenters. The summed E-state index contributed by atoms with van der Waals surface area (Å²) < 4.78 is 26.8. The van der Waals surface area contributed by atoms with Crippen molar-refractivity contribution in [2.75, 3.05) is 0 Å². The van der Waals surface area contributed by atoms with E-state index in [0.717, 1.165) is 5.56 Å². The highest BCUT2D eigenvalue weighted by Crippen LogP contribution is 2.39. The predicted molar refractivity (Wildman–Crippen MR) is 151 cm³/mol. The van der Waals surface area contributed by atoms with E-state index in [2.05, 4.69) is 39.2 Å². The van der Waals surface area contributed by atoms with Gasteiger partial charge in [0.05, 0.1) is 18.1 Å². The van der Waals surface area contributed by atoms with Crippen molar-refractivity contribution in [3.63, 3.8) is 0 Å². The third kappa shape index (κ3) is 9.87. The Morgan fingerprint density at radius 1 is 0.947 bits per heavy atom. The molecule has 0 saturated carbocycles. The normalized spacial score (nSPS) is 14.9. The Bertz CT molecular complexity index is 1060. The number of hydrogen-bond acceptors (Lipinski definition) is 4. The van der Waals surface area contributed by atoms with E-state index in [1.807, 2.05) is 30.3 Å². The number of nitrogens with one attached hydrogen (secondary N) is 1. The summed E-state index contributed by atoms with van der Waals surface area (Å²) in [4.78, 5) is 25.4. The van der Waals surface area contributed by atoms with Gasteiger partial charge < -0.3 is 19.6 Å². The van der Waals surface area contributed by atoms with Crippen molar-refractivity contribution in [3.05, 3.63) is 71.5 Å². The van der Waals surface area contributed by atoms with Crippen LogP contribution in [0.3, 0.4) is 0 Å². The second-order valence-electron chi connectivity index (χ2n) is 12.4. The molecule has 2 rings (SSSR count). The van der Waals surface area contributed by atoms with Crippen LogP contribution in [0, 0.1) is 11.7 Å². The van der Waals surface area contributed by atoms with Gasteiger partial charge in [0.25, 0.3) is 0 Å². The van der Waals surface area contributed by atoms with Crippen LogP contribution >= 0.6 is 0 Å². The lowest BCUT2D eigenvalue weighted by Gasteiger charge is -2.42. The van der Waals surface area contributed by atoms with Gasteiger partial charge in [0, 0.05) is 0 Å². The lowest BCUT2D eigenvalue weighted by molar-refractivity contribution is -0.142. The lowest BCUT2D eigenvalue weighted by atomic mass is 9.89. The number of halogens is 1. The number of ether oxygens (including phenoxy) is 1. The first kappa shape index (κ1) is 31.5. The van der Waals surface area contributed by atoms with Gasteiger partial charge in [-0.25, -0.2) is 9.18 Å². The summed E-state index contributed by atoms with van der Waals surface area (Å²) in [6.45, 7) is 15.9. The Kier molecular flexibility index (Phi) is 10.7. The van der Waals surface area contributed by atoms with Gasteiger partial charge in [-0.15, -0.1) is 0 Å². The molecule has 0 aliphatic carbocycles. The largest absolute Gasteiger partial charge is 0.481 e. The molecule has 2 N–H and O–H groups in total. The number of hydrogen-bond donors (Lipinski definition) is 2. The zero-order valence-electron chi connectivity index (χ0n) is 24.0. The van der Waals surface area contributed by atoms with E-state index < -0.39 is 49.9 Å². The molecule has 0 unspecified atom stereocenters. The molecule has 6 nitrogen and oxygen atoms in total. The van der Waals surface area contributed by atoms with Gasteiger partial charge in [0.2, 0.25) is 0 Å². The van der Waals surface area contributed by atoms with Crippen LogP contribution in [0.15, 0.2) is 54.6 Å². The van der Waals surface area contributed by atoms with E-state index in [1.54, 1.807) is 39.0 Å². The second kappa shape index (κ2) is 12.9. The van der Waals surface area contributed by atoms with Gasteiger partial charge in [0.1, 0.15) is 11.4 Å². The molecule has 0 spiro atoms. The summed E-state index contributed by atoms with van der Waals surface area (Å²) in [6, 6.07) is 15.3. The van der Waals surface area contributed by atoms with Gasteiger partial charge in [-0.2, -0.15) is 0 Å². The van der Waals surface area contributed by atoms with Gasteiger partial charge in [-0.1, -0.05) is 69.3 Å². The van der Waals surface area contributed by atoms with Crippen LogP contribution in [0.1, 0.15) is 59.1 Å². The van der Waals surface area contributed by atoms with Gasteiger partial charge in [-0.3, -0.25) is 4.79 Å². The molecule has 210 valence electrons. The van der Waals surface area contributed by atoms with Crippen LogP contribution in [0.2, 0.25) is 18.1 Å². The number of carbonyl (C=O) groups excluding carboxylic acids is 1. The predicted octanol–water partition coefficient (Wildman–Crippen LogP) is 6.99. The monoisotopic (exact) mass is 545 g/mol. The van der Waals surface area contributed by atoms with Crippen molar-refractivity contribution in [1.29, 1.82) is 0 Å². The van der Waals surface area contributed by atoms with Crippen LogP contribution in [-0.2, 0) is 26.8 Å². The fourth-order valence-electron chi connectivity index (χ4n) is 3.93. The van der Waals surface area contributed by atoms with Gasteiger partial charge >= 0.3 is 12.1 Å². The average Bonchev–Trinajstić information content (AvgIpc) is 2.77. The van der Waals surface area contributed by atoms with Crippen molar-refractivity contribution in [3.8, 4) is 0 Å². The third-order valence-corrected chi connectivity index (χ3v) is 11.5. The van der Waals surface area contributed by atoms with Crippen LogP contribution in [0.5, 0.6) is 0 Å². The molecular weight excluding hydrogens is 501 g/mol. The molecule has 1 amide bonds. The number of carbonyl (C=O) groups is 2. The molecule has 2 aromatic rings. The fourth-order valence-corrected chi connectivity index (χ4v) is 5.30. The molecule has 0 bridgehead atoms. The lowest BCUT2D eigenvalue weighted by Crippen LogP contribution is -2.54. The fraction of sp³-hybridized carbons (Fsp3) is 0.533. The summed E-state index contributed by atoms with van der Waals surface area (Å²) in [7, 11) is -2.41. The molecule has 38 heavy (non-hydrogen) atoms. The number of rotatable bonds is 11. The number of carboxylic acids is 1. The van der Waals surface area contributed by atoms with E-state index in [1.165, 1.54) is 6.07 Å². The zero-order valence-corrected chi connectivity index (χ0v) is 25.0. The summed E-state index contributed by atoms with van der Waals surface area (Å²) in [5.41, 5.74) is 0.607. The molecule has 0 radical (unpaired) electrons. The van der Waals surface area contributed by atoms with Crippen molar-refractivity contribution >= 4 is 20.4 Å². The summed E-state index contributed by atoms with van der Waals surface area (Å²) in [6.07, 6.45) is -0.696. The quantitative estimate of drug-likeness (QED) is 0.297. The van der Waals surface area contributed by atoms with Crippen molar-refractivity contribution in [2.45, 2.75) is 96.7 Å². The van der Waals surface area contributed by atoms with Gasteiger partial charge in [0.15, 0.2) is 8.32 Å². The summed E-state index contributed by atoms with van der Waals surface area (Å²) in [5, 5.41) is 13.0. The minimum atomic E-state index is -2.41. The number of benzene rings is 2. The molecule has 0 aromatic heterocycles. The molecule has 0 heterocycles. The molecule has 0 aliphatic heterocycles. The number of alkyl carbamates (subject to hydrolysis) is 1. The Labute approximate surface area is 228 Å². The zero-order chi connectivity index (χ0) is 28.7. The first-order valence-electron chi connectivity index (χ1n) is 13.2. The third-order valence-electron chi connectivity index (χ3n) is 6.99. The Morgan fingerprint density at radius 2 is 1.53 bits per heavy atom. The van der Waals surface area contributed by atoms with Crippen molar-refractivity contribution in [2.24, 2.45) is 5.92 Å². The highest BCUT2D eigenvalue weighted by atomic mass is 28.4. The molecular formula is C30H44FNO5Si. The molecule has 0 aliphatic rings. The van der Waals surface area contributed by atoms with Gasteiger partial charge in [-0.05, 0) is 75.4 Å². The molecule has 0 saturated heterocycles. The van der Waals surface area contributed by atoms with E-state index in [0.29, 0.717) is 12.0 Å². The van der Waals surface area contributed by atoms with Crippen molar-refractivity contribution < 1.29 is 28.2 Å². The maximum absolute atomic E-state index is 14.5. The first-order chi connectivity index (χ1) is 17.5. The van der Waals surface area contributed by atoms with E-state index in [4.69, 9.17) is 9.16 Å². The second-order valence-corrected chi connectivity index (χ2v) is 17.2. The number of aliphatic carboxylic acids is 1. The summed E-state index contributed by atoms with van der Waals surface area (Å²) >= 11 is 0. The van der Waals surface area contributed by atoms with Crippen LogP contribution in [0.4, 0.5) is 9.18 Å². The first-order valence-corrected chi connectivity index (χ1v) is 16.1. The Hall–Kier alpha value is -2.71. The van der Waals surface area contributed by atoms with E-state index in [-0.39, 0.29) is 17.9 Å². The molecule has 8 heteroatoms. The molecule has 0 fully saturated rings. The highest BCUT2D eigenvalue weighted by molar-refractivity contribution is 6.74. The summed E-state index contributed by atoms with van der Waals surface area (Å²) in [5.74, 6) is -2.39. The topological polar surface area (TPSA) is 84.9 Å². The van der Waals surface area contributed by atoms with Crippen LogP contribution < -0.4 is 5.32 Å². The standard InChI is InChI=1S/C30H44FNO5Si/c1-29(2,3)36-28(35)32-25(18-21-14-10-9-11-15-21)26(37-38(7,8)30(4,5)6)20-23(27(33)34)19-22-16-12-13-17-24(22)31/h9-17,23,25-26H,18-20H2,1-8H3,(H,32,35)(H,33,34)/t23-,25+,26+/m1/s1. The minimum Gasteiger partial charge on any atom is -0.481 e. The minimum absolute atomic E-state index is 0.0177. The Balaban J connectivity index is 2.49. The van der Waals surface area contributed by atoms with E-state index in [9.17, 15) is 19.1 Å². The number of carboxylic acid groups (broad SMARTS) is 1. The van der Waals surface area contributed by atoms with Crippen LogP contribution in [0.25, 0.3) is 0 Å². The molecule has 2 aromatic carbocycles.